The lowest BCUT2D eigenvalue weighted by Gasteiger charge is -2.19. The molecule has 2 heteroatoms. The molecule has 0 amide bonds. The topological polar surface area (TPSA) is 44.2 Å². The zero-order valence-electron chi connectivity index (χ0n) is 8.44. The van der Waals surface area contributed by atoms with Crippen LogP contribution in [0.4, 0.5) is 0 Å². The maximum Gasteiger partial charge on any atom is 0.130 e. The summed E-state index contributed by atoms with van der Waals surface area (Å²) in [7, 11) is 0. The summed E-state index contributed by atoms with van der Waals surface area (Å²) in [5.74, 6) is 1.98. The van der Waals surface area contributed by atoms with E-state index in [0.717, 1.165) is 17.9 Å². The van der Waals surface area contributed by atoms with Crippen LogP contribution in [-0.4, -0.2) is 0 Å². The van der Waals surface area contributed by atoms with Crippen molar-refractivity contribution in [3.8, 4) is 11.5 Å². The van der Waals surface area contributed by atoms with Gasteiger partial charge in [-0.25, -0.2) is 0 Å². The molecule has 1 aliphatic heterocycles. The molecule has 0 saturated heterocycles. The third kappa shape index (κ3) is 1.60. The first kappa shape index (κ1) is 9.74. The van der Waals surface area contributed by atoms with Gasteiger partial charge in [-0.05, 0) is 23.3 Å². The van der Waals surface area contributed by atoms with E-state index in [2.05, 4.69) is 24.3 Å². The number of hydrogen-bond acceptors (Lipinski definition) is 2. The second-order valence-electron chi connectivity index (χ2n) is 3.49. The first-order valence-electron chi connectivity index (χ1n) is 4.77. The molecule has 1 heterocycles. The van der Waals surface area contributed by atoms with Gasteiger partial charge >= 0.3 is 0 Å². The molecule has 0 saturated carbocycles. The van der Waals surface area contributed by atoms with Crippen molar-refractivity contribution in [2.24, 2.45) is 0 Å². The predicted octanol–water partition coefficient (Wildman–Crippen LogP) is 3.55. The van der Waals surface area contributed by atoms with Crippen LogP contribution in [0.1, 0.15) is 11.1 Å². The van der Waals surface area contributed by atoms with Crippen molar-refractivity contribution < 1.29 is 4.74 Å². The minimum absolute atomic E-state index is 0. The molecule has 0 bridgehead atoms. The number of hydrogen-bond donors (Lipinski definition) is 1. The Balaban J connectivity index is 0.000000853. The second kappa shape index (κ2) is 3.75. The molecule has 0 radical (unpaired) electrons. The Morgan fingerprint density at radius 1 is 0.733 bits per heavy atom. The number of para-hydroxylation sites is 2. The van der Waals surface area contributed by atoms with Gasteiger partial charge in [0.25, 0.3) is 0 Å². The van der Waals surface area contributed by atoms with Crippen LogP contribution >= 0.6 is 0 Å². The summed E-state index contributed by atoms with van der Waals surface area (Å²) in [6, 6.07) is 16.4. The molecule has 3 N–H and O–H groups in total. The molecule has 1 aliphatic rings. The summed E-state index contributed by atoms with van der Waals surface area (Å²) in [5.41, 5.74) is 2.54. The van der Waals surface area contributed by atoms with Crippen LogP contribution in [0, 0.1) is 0 Å². The Bertz CT molecular complexity index is 392. The van der Waals surface area contributed by atoms with Crippen LogP contribution in [0.2, 0.25) is 0 Å². The first-order chi connectivity index (χ1) is 6.93. The van der Waals surface area contributed by atoms with Crippen LogP contribution in [0.15, 0.2) is 48.5 Å². The lowest BCUT2D eigenvalue weighted by Crippen LogP contribution is -2.01. The van der Waals surface area contributed by atoms with E-state index in [-0.39, 0.29) is 6.15 Å². The molecule has 0 aromatic heterocycles. The van der Waals surface area contributed by atoms with Crippen LogP contribution in [0.3, 0.4) is 0 Å². The van der Waals surface area contributed by atoms with Crippen LogP contribution in [-0.2, 0) is 6.42 Å². The average molecular weight is 199 g/mol. The van der Waals surface area contributed by atoms with E-state index in [1.54, 1.807) is 0 Å². The summed E-state index contributed by atoms with van der Waals surface area (Å²) in [5, 5.41) is 0. The molecule has 2 aromatic rings. The van der Waals surface area contributed by atoms with Crippen molar-refractivity contribution >= 4 is 0 Å². The van der Waals surface area contributed by atoms with Crippen molar-refractivity contribution in [1.82, 2.24) is 6.15 Å². The van der Waals surface area contributed by atoms with Crippen LogP contribution in [0.25, 0.3) is 0 Å². The van der Waals surface area contributed by atoms with Crippen molar-refractivity contribution in [2.45, 2.75) is 6.42 Å². The first-order valence-corrected chi connectivity index (χ1v) is 4.77. The van der Waals surface area contributed by atoms with E-state index < -0.39 is 0 Å². The Labute approximate surface area is 89.1 Å². The zero-order chi connectivity index (χ0) is 9.38. The average Bonchev–Trinajstić information content (AvgIpc) is 2.26. The van der Waals surface area contributed by atoms with Gasteiger partial charge in [0.15, 0.2) is 0 Å². The third-order valence-corrected chi connectivity index (χ3v) is 2.55. The highest BCUT2D eigenvalue weighted by atomic mass is 16.5. The number of benzene rings is 2. The van der Waals surface area contributed by atoms with Gasteiger partial charge in [0, 0.05) is 6.42 Å². The fourth-order valence-electron chi connectivity index (χ4n) is 1.82. The molecule has 0 fully saturated rings. The highest BCUT2D eigenvalue weighted by molar-refractivity contribution is 5.49. The van der Waals surface area contributed by atoms with Crippen molar-refractivity contribution in [3.05, 3.63) is 59.7 Å². The van der Waals surface area contributed by atoms with Gasteiger partial charge in [-0.15, -0.1) is 0 Å². The van der Waals surface area contributed by atoms with E-state index in [4.69, 9.17) is 4.74 Å². The van der Waals surface area contributed by atoms with Gasteiger partial charge in [0.2, 0.25) is 0 Å². The Kier molecular flexibility index (Phi) is 2.44. The maximum absolute atomic E-state index is 5.78. The molecule has 0 aliphatic carbocycles. The van der Waals surface area contributed by atoms with Gasteiger partial charge in [0.05, 0.1) is 0 Å². The van der Waals surface area contributed by atoms with Gasteiger partial charge < -0.3 is 10.9 Å². The molecule has 2 aromatic carbocycles. The van der Waals surface area contributed by atoms with Gasteiger partial charge in [-0.3, -0.25) is 0 Å². The lowest BCUT2D eigenvalue weighted by atomic mass is 10.0. The highest BCUT2D eigenvalue weighted by Crippen LogP contribution is 2.35. The fourth-order valence-corrected chi connectivity index (χ4v) is 1.82. The largest absolute Gasteiger partial charge is 0.457 e. The summed E-state index contributed by atoms with van der Waals surface area (Å²) in [4.78, 5) is 0. The lowest BCUT2D eigenvalue weighted by molar-refractivity contribution is 0.460. The maximum atomic E-state index is 5.78. The summed E-state index contributed by atoms with van der Waals surface area (Å²) < 4.78 is 5.78. The summed E-state index contributed by atoms with van der Waals surface area (Å²) >= 11 is 0. The fraction of sp³-hybridized carbons (Fsp3) is 0.0769. The predicted molar refractivity (Wildman–Crippen MR) is 60.8 cm³/mol. The Morgan fingerprint density at radius 2 is 1.20 bits per heavy atom. The van der Waals surface area contributed by atoms with Crippen molar-refractivity contribution in [1.29, 1.82) is 0 Å². The summed E-state index contributed by atoms with van der Waals surface area (Å²) in [6.07, 6.45) is 0.979. The molecule has 0 spiro atoms. The quantitative estimate of drug-likeness (QED) is 0.601. The third-order valence-electron chi connectivity index (χ3n) is 2.55. The van der Waals surface area contributed by atoms with E-state index in [1.807, 2.05) is 24.3 Å². The van der Waals surface area contributed by atoms with Gasteiger partial charge in [-0.1, -0.05) is 36.4 Å². The van der Waals surface area contributed by atoms with Gasteiger partial charge in [-0.2, -0.15) is 0 Å². The van der Waals surface area contributed by atoms with Crippen LogP contribution in [0.5, 0.6) is 11.5 Å². The van der Waals surface area contributed by atoms with Gasteiger partial charge in [0.1, 0.15) is 11.5 Å². The molecule has 0 unspecified atom stereocenters. The standard InChI is InChI=1S/C13H10O.H3N/c1-3-7-12-10(5-1)9-11-6-2-4-8-13(11)14-12;/h1-8H,9H2;1H3. The number of fused-ring (bicyclic) bond motifs is 2. The minimum atomic E-state index is 0. The molecular weight excluding hydrogens is 186 g/mol. The van der Waals surface area contributed by atoms with Crippen LogP contribution < -0.4 is 10.9 Å². The zero-order valence-corrected chi connectivity index (χ0v) is 8.44. The highest BCUT2D eigenvalue weighted by Gasteiger charge is 2.14. The monoisotopic (exact) mass is 199 g/mol. The molecule has 0 atom stereocenters. The van der Waals surface area contributed by atoms with E-state index >= 15 is 0 Å². The smallest absolute Gasteiger partial charge is 0.130 e. The molecular formula is C13H13NO. The van der Waals surface area contributed by atoms with E-state index in [9.17, 15) is 0 Å². The van der Waals surface area contributed by atoms with Crippen molar-refractivity contribution in [2.75, 3.05) is 0 Å². The molecule has 76 valence electrons. The van der Waals surface area contributed by atoms with Crippen molar-refractivity contribution in [3.63, 3.8) is 0 Å². The normalized spacial score (nSPS) is 11.7. The number of ether oxygens (including phenoxy) is 1. The molecule has 15 heavy (non-hydrogen) atoms. The second-order valence-corrected chi connectivity index (χ2v) is 3.49. The SMILES string of the molecule is N.c1ccc2c(c1)Cc1ccccc1O2. The Morgan fingerprint density at radius 3 is 1.73 bits per heavy atom. The van der Waals surface area contributed by atoms with E-state index in [0.29, 0.717) is 0 Å². The minimum Gasteiger partial charge on any atom is -0.457 e. The molecule has 2 nitrogen and oxygen atoms in total. The molecule has 3 rings (SSSR count). The summed E-state index contributed by atoms with van der Waals surface area (Å²) in [6.45, 7) is 0. The van der Waals surface area contributed by atoms with E-state index in [1.165, 1.54) is 11.1 Å². The Hall–Kier alpha value is -1.80. The number of rotatable bonds is 0.